The van der Waals surface area contributed by atoms with Crippen LogP contribution in [0.1, 0.15) is 11.8 Å². The van der Waals surface area contributed by atoms with Gasteiger partial charge in [-0.15, -0.1) is 0 Å². The highest BCUT2D eigenvalue weighted by atomic mass is 32.2. The summed E-state index contributed by atoms with van der Waals surface area (Å²) < 4.78 is 33.7. The molecule has 0 aliphatic rings. The first-order valence-electron chi connectivity index (χ1n) is 6.37. The third-order valence-electron chi connectivity index (χ3n) is 3.15. The molecule has 0 radical (unpaired) electrons. The molecule has 0 saturated heterocycles. The lowest BCUT2D eigenvalue weighted by Crippen LogP contribution is -2.29. The topological polar surface area (TPSA) is 80.6 Å². The molecule has 0 aliphatic carbocycles. The number of methoxy groups -OCH3 is 1. The summed E-state index contributed by atoms with van der Waals surface area (Å²) in [6.07, 6.45) is 0.863. The Morgan fingerprint density at radius 3 is 2.62 bits per heavy atom. The molecule has 0 bridgehead atoms. The number of benzene rings is 1. The molecule has 0 aliphatic heterocycles. The highest BCUT2D eigenvalue weighted by Crippen LogP contribution is 2.23. The van der Waals surface area contributed by atoms with Crippen molar-refractivity contribution in [2.24, 2.45) is 7.05 Å². The number of nitrogens with zero attached hydrogens (tertiary/aromatic N) is 1. The van der Waals surface area contributed by atoms with Crippen LogP contribution in [0.4, 0.5) is 0 Å². The Bertz CT molecular complexity index is 709. The van der Waals surface area contributed by atoms with E-state index in [9.17, 15) is 13.5 Å². The van der Waals surface area contributed by atoms with E-state index >= 15 is 0 Å². The van der Waals surface area contributed by atoms with Crippen molar-refractivity contribution < 1.29 is 18.3 Å². The first-order valence-corrected chi connectivity index (χ1v) is 7.86. The summed E-state index contributed by atoms with van der Waals surface area (Å²) in [6, 6.07) is 9.86. The van der Waals surface area contributed by atoms with Gasteiger partial charge in [0, 0.05) is 25.5 Å². The normalized spacial score (nSPS) is 13.1. The van der Waals surface area contributed by atoms with E-state index in [0.29, 0.717) is 5.69 Å². The molecule has 21 heavy (non-hydrogen) atoms. The van der Waals surface area contributed by atoms with Crippen molar-refractivity contribution in [3.05, 3.63) is 48.3 Å². The second-order valence-electron chi connectivity index (χ2n) is 4.56. The first kappa shape index (κ1) is 15.6. The van der Waals surface area contributed by atoms with Crippen molar-refractivity contribution >= 4 is 10.0 Å². The summed E-state index contributed by atoms with van der Waals surface area (Å²) in [5.41, 5.74) is 0.637. The largest absolute Gasteiger partial charge is 0.495 e. The fourth-order valence-electron chi connectivity index (χ4n) is 2.03. The molecule has 0 fully saturated rings. The average molecular weight is 310 g/mol. The van der Waals surface area contributed by atoms with Crippen LogP contribution in [0.25, 0.3) is 0 Å². The summed E-state index contributed by atoms with van der Waals surface area (Å²) in [4.78, 5) is 0.0478. The molecule has 1 aromatic heterocycles. The van der Waals surface area contributed by atoms with Crippen molar-refractivity contribution in [1.29, 1.82) is 0 Å². The minimum atomic E-state index is -3.75. The van der Waals surface area contributed by atoms with Crippen LogP contribution in [0.15, 0.2) is 47.5 Å². The SMILES string of the molecule is COc1ccccc1S(=O)(=O)NCC(O)c1cccn1C. The number of aromatic nitrogens is 1. The standard InChI is InChI=1S/C14H18N2O4S/c1-16-9-5-6-11(16)12(17)10-15-21(18,19)14-8-4-3-7-13(14)20-2/h3-9,12,15,17H,10H2,1-2H3. The van der Waals surface area contributed by atoms with Crippen LogP contribution in [-0.4, -0.2) is 31.7 Å². The Labute approximate surface area is 124 Å². The van der Waals surface area contributed by atoms with Gasteiger partial charge in [0.05, 0.1) is 7.11 Å². The van der Waals surface area contributed by atoms with Gasteiger partial charge >= 0.3 is 0 Å². The minimum absolute atomic E-state index is 0.0478. The molecule has 2 aromatic rings. The van der Waals surface area contributed by atoms with E-state index in [-0.39, 0.29) is 17.2 Å². The van der Waals surface area contributed by atoms with E-state index in [0.717, 1.165) is 0 Å². The lowest BCUT2D eigenvalue weighted by Gasteiger charge is -2.14. The van der Waals surface area contributed by atoms with Gasteiger partial charge < -0.3 is 14.4 Å². The van der Waals surface area contributed by atoms with Crippen molar-refractivity contribution in [3.63, 3.8) is 0 Å². The lowest BCUT2D eigenvalue weighted by molar-refractivity contribution is 0.173. The molecule has 6 nitrogen and oxygen atoms in total. The van der Waals surface area contributed by atoms with E-state index < -0.39 is 16.1 Å². The highest BCUT2D eigenvalue weighted by Gasteiger charge is 2.21. The molecule has 2 N–H and O–H groups in total. The van der Waals surface area contributed by atoms with Crippen LogP contribution in [0.5, 0.6) is 5.75 Å². The fourth-order valence-corrected chi connectivity index (χ4v) is 3.24. The number of aliphatic hydroxyl groups is 1. The first-order chi connectivity index (χ1) is 9.95. The number of hydrogen-bond acceptors (Lipinski definition) is 4. The Morgan fingerprint density at radius 2 is 2.00 bits per heavy atom. The molecule has 1 unspecified atom stereocenters. The average Bonchev–Trinajstić information content (AvgIpc) is 2.91. The lowest BCUT2D eigenvalue weighted by atomic mass is 10.2. The van der Waals surface area contributed by atoms with Crippen molar-refractivity contribution in [1.82, 2.24) is 9.29 Å². The second-order valence-corrected chi connectivity index (χ2v) is 6.30. The molecule has 0 amide bonds. The van der Waals surface area contributed by atoms with Gasteiger partial charge in [-0.25, -0.2) is 13.1 Å². The number of aliphatic hydroxyl groups excluding tert-OH is 1. The molecule has 7 heteroatoms. The van der Waals surface area contributed by atoms with Crippen LogP contribution >= 0.6 is 0 Å². The third kappa shape index (κ3) is 3.44. The van der Waals surface area contributed by atoms with Gasteiger partial charge in [0.1, 0.15) is 16.7 Å². The number of para-hydroxylation sites is 1. The second kappa shape index (κ2) is 6.30. The summed E-state index contributed by atoms with van der Waals surface area (Å²) in [6.45, 7) is -0.113. The maximum atomic E-state index is 12.3. The molecule has 2 rings (SSSR count). The monoisotopic (exact) mass is 310 g/mol. The molecule has 0 saturated carbocycles. The Balaban J connectivity index is 2.13. The maximum Gasteiger partial charge on any atom is 0.244 e. The Morgan fingerprint density at radius 1 is 1.29 bits per heavy atom. The van der Waals surface area contributed by atoms with E-state index in [1.54, 1.807) is 48.1 Å². The van der Waals surface area contributed by atoms with E-state index in [1.807, 2.05) is 0 Å². The molecule has 1 aromatic carbocycles. The van der Waals surface area contributed by atoms with Gasteiger partial charge in [-0.1, -0.05) is 12.1 Å². The molecule has 0 spiro atoms. The predicted molar refractivity (Wildman–Crippen MR) is 78.6 cm³/mol. The number of nitrogens with one attached hydrogen (secondary N) is 1. The third-order valence-corrected chi connectivity index (χ3v) is 4.61. The molecule has 1 heterocycles. The van der Waals surface area contributed by atoms with Gasteiger partial charge in [0.25, 0.3) is 0 Å². The van der Waals surface area contributed by atoms with Crippen molar-refractivity contribution in [3.8, 4) is 5.75 Å². The van der Waals surface area contributed by atoms with Crippen LogP contribution in [0, 0.1) is 0 Å². The van der Waals surface area contributed by atoms with Gasteiger partial charge in [-0.3, -0.25) is 0 Å². The zero-order valence-corrected chi connectivity index (χ0v) is 12.7. The van der Waals surface area contributed by atoms with Crippen LogP contribution < -0.4 is 9.46 Å². The Kier molecular flexibility index (Phi) is 4.66. The molecule has 114 valence electrons. The van der Waals surface area contributed by atoms with Crippen LogP contribution in [0.2, 0.25) is 0 Å². The molecular weight excluding hydrogens is 292 g/mol. The van der Waals surface area contributed by atoms with Crippen LogP contribution in [0.3, 0.4) is 0 Å². The van der Waals surface area contributed by atoms with Crippen molar-refractivity contribution in [2.45, 2.75) is 11.0 Å². The fraction of sp³-hybridized carbons (Fsp3) is 0.286. The maximum absolute atomic E-state index is 12.3. The van der Waals surface area contributed by atoms with Gasteiger partial charge in [0.2, 0.25) is 10.0 Å². The summed E-state index contributed by atoms with van der Waals surface area (Å²) in [5.74, 6) is 0.262. The quantitative estimate of drug-likeness (QED) is 0.835. The highest BCUT2D eigenvalue weighted by molar-refractivity contribution is 7.89. The van der Waals surface area contributed by atoms with Gasteiger partial charge in [-0.2, -0.15) is 0 Å². The zero-order chi connectivity index (χ0) is 15.5. The number of sulfonamides is 1. The zero-order valence-electron chi connectivity index (χ0n) is 11.9. The Hall–Kier alpha value is -1.83. The number of hydrogen-bond donors (Lipinski definition) is 2. The predicted octanol–water partition coefficient (Wildman–Crippen LogP) is 1.05. The number of ether oxygens (including phenoxy) is 1. The van der Waals surface area contributed by atoms with Crippen molar-refractivity contribution in [2.75, 3.05) is 13.7 Å². The van der Waals surface area contributed by atoms with Gasteiger partial charge in [-0.05, 0) is 24.3 Å². The summed E-state index contributed by atoms with van der Waals surface area (Å²) in [7, 11) is -0.551. The van der Waals surface area contributed by atoms with Gasteiger partial charge in [0.15, 0.2) is 0 Å². The smallest absolute Gasteiger partial charge is 0.244 e. The van der Waals surface area contributed by atoms with E-state index in [4.69, 9.17) is 4.74 Å². The number of aryl methyl sites for hydroxylation is 1. The van der Waals surface area contributed by atoms with E-state index in [2.05, 4.69) is 4.72 Å². The number of rotatable bonds is 6. The van der Waals surface area contributed by atoms with E-state index in [1.165, 1.54) is 13.2 Å². The summed E-state index contributed by atoms with van der Waals surface area (Å²) >= 11 is 0. The minimum Gasteiger partial charge on any atom is -0.495 e. The molecular formula is C14H18N2O4S. The summed E-state index contributed by atoms with van der Waals surface area (Å²) in [5, 5.41) is 10.0. The molecule has 1 atom stereocenters. The van der Waals surface area contributed by atoms with Crippen LogP contribution in [-0.2, 0) is 17.1 Å².